The van der Waals surface area contributed by atoms with Gasteiger partial charge in [0.15, 0.2) is 17.7 Å². The summed E-state index contributed by atoms with van der Waals surface area (Å²) in [4.78, 5) is 24.6. The molecule has 0 radical (unpaired) electrons. The van der Waals surface area contributed by atoms with E-state index in [0.29, 0.717) is 51.8 Å². The van der Waals surface area contributed by atoms with E-state index in [9.17, 15) is 14.7 Å². The molecule has 3 aromatic rings. The van der Waals surface area contributed by atoms with Crippen LogP contribution in [0.4, 0.5) is 4.79 Å². The number of rotatable bonds is 13. The Morgan fingerprint density at radius 1 is 1.07 bits per heavy atom. The number of aliphatic hydroxyl groups is 1. The summed E-state index contributed by atoms with van der Waals surface area (Å²) < 4.78 is 23.0. The van der Waals surface area contributed by atoms with E-state index < -0.39 is 24.3 Å². The van der Waals surface area contributed by atoms with Crippen LogP contribution in [0.5, 0.6) is 17.2 Å². The maximum absolute atomic E-state index is 12.4. The number of esters is 1. The minimum absolute atomic E-state index is 0.154. The van der Waals surface area contributed by atoms with Crippen molar-refractivity contribution in [2.24, 2.45) is 5.10 Å². The first-order valence-corrected chi connectivity index (χ1v) is 15.2. The smallest absolute Gasteiger partial charge is 0.337 e. The number of methoxy groups -OCH3 is 1. The zero-order valence-corrected chi connectivity index (χ0v) is 27.6. The van der Waals surface area contributed by atoms with Gasteiger partial charge < -0.3 is 34.7 Å². The summed E-state index contributed by atoms with van der Waals surface area (Å²) in [7, 11) is 1.27. The standard InChI is InChI=1S/C31H31BrCl2N4O7/c1-4-43-26-13-20(29-28(30(40)42-3)17(2)36-31(41)37-29)7-10-25(26)45-16-27(39)38-35-14-18-6-9-24(21(32)11-18)44-15-19-5-8-22(33)23(34)12-19/h5-14,27,29,38-39H,4,15-16H2,1-3H3,(H2,36,37,41)/b35-14-/t27-,29-/m1/s1. The van der Waals surface area contributed by atoms with Gasteiger partial charge in [0.25, 0.3) is 0 Å². The van der Waals surface area contributed by atoms with Gasteiger partial charge in [0.05, 0.1) is 46.1 Å². The number of hydrogen-bond acceptors (Lipinski definition) is 9. The fourth-order valence-corrected chi connectivity index (χ4v) is 5.16. The van der Waals surface area contributed by atoms with Gasteiger partial charge in [-0.1, -0.05) is 35.3 Å². The minimum atomic E-state index is -1.15. The Labute approximate surface area is 278 Å². The van der Waals surface area contributed by atoms with E-state index in [1.807, 2.05) is 25.1 Å². The SMILES string of the molecule is CCOc1cc([C@H]2NC(=O)NC(C)=C2C(=O)OC)ccc1OC[C@@H](O)N/N=C\c1ccc(OCc2ccc(Cl)c(Cl)c2)c(Br)c1. The Kier molecular flexibility index (Phi) is 11.9. The number of carbonyl (C=O) groups is 2. The number of hydrazone groups is 1. The molecule has 2 amide bonds. The van der Waals surface area contributed by atoms with Crippen LogP contribution in [0.1, 0.15) is 36.6 Å². The lowest BCUT2D eigenvalue weighted by molar-refractivity contribution is -0.136. The molecule has 0 aromatic heterocycles. The zero-order valence-electron chi connectivity index (χ0n) is 24.5. The fourth-order valence-electron chi connectivity index (χ4n) is 4.32. The number of nitrogens with one attached hydrogen (secondary N) is 3. The van der Waals surface area contributed by atoms with Crippen molar-refractivity contribution in [1.82, 2.24) is 16.1 Å². The second-order valence-corrected chi connectivity index (χ2v) is 11.3. The molecule has 0 saturated heterocycles. The van der Waals surface area contributed by atoms with Crippen LogP contribution in [-0.4, -0.2) is 49.9 Å². The maximum atomic E-state index is 12.4. The van der Waals surface area contributed by atoms with Crippen molar-refractivity contribution < 1.29 is 33.6 Å². The first kappa shape index (κ1) is 33.9. The number of amides is 2. The molecule has 0 fully saturated rings. The zero-order chi connectivity index (χ0) is 32.5. The van der Waals surface area contributed by atoms with E-state index >= 15 is 0 Å². The third-order valence-corrected chi connectivity index (χ3v) is 7.80. The van der Waals surface area contributed by atoms with Crippen LogP contribution >= 0.6 is 39.1 Å². The number of urea groups is 1. The summed E-state index contributed by atoms with van der Waals surface area (Å²) >= 11 is 15.5. The van der Waals surface area contributed by atoms with E-state index in [0.717, 1.165) is 15.6 Å². The van der Waals surface area contributed by atoms with Gasteiger partial charge in [-0.05, 0) is 88.9 Å². The number of hydrogen-bond donors (Lipinski definition) is 4. The maximum Gasteiger partial charge on any atom is 0.337 e. The Bertz CT molecular complexity index is 1620. The van der Waals surface area contributed by atoms with Crippen molar-refractivity contribution in [1.29, 1.82) is 0 Å². The van der Waals surface area contributed by atoms with E-state index in [4.69, 9.17) is 42.1 Å². The van der Waals surface area contributed by atoms with Crippen LogP contribution in [0.15, 0.2) is 75.4 Å². The van der Waals surface area contributed by atoms with E-state index in [-0.39, 0.29) is 12.2 Å². The molecule has 1 aliphatic heterocycles. The summed E-state index contributed by atoms with van der Waals surface area (Å²) in [5.74, 6) is 0.776. The molecule has 1 heterocycles. The van der Waals surface area contributed by atoms with Crippen molar-refractivity contribution in [3.8, 4) is 17.2 Å². The molecule has 1 aliphatic rings. The molecule has 0 unspecified atom stereocenters. The highest BCUT2D eigenvalue weighted by Crippen LogP contribution is 2.35. The molecule has 238 valence electrons. The highest BCUT2D eigenvalue weighted by molar-refractivity contribution is 9.10. The van der Waals surface area contributed by atoms with Crippen molar-refractivity contribution in [2.45, 2.75) is 32.7 Å². The molecule has 4 N–H and O–H groups in total. The summed E-state index contributed by atoms with van der Waals surface area (Å²) in [6.45, 7) is 3.92. The lowest BCUT2D eigenvalue weighted by Gasteiger charge is -2.28. The largest absolute Gasteiger partial charge is 0.490 e. The molecule has 0 saturated carbocycles. The molecule has 14 heteroatoms. The number of nitrogens with zero attached hydrogens (tertiary/aromatic N) is 1. The fraction of sp³-hybridized carbons (Fsp3) is 0.258. The van der Waals surface area contributed by atoms with Crippen LogP contribution in [0.3, 0.4) is 0 Å². The number of allylic oxidation sites excluding steroid dienone is 1. The summed E-state index contributed by atoms with van der Waals surface area (Å²) in [6.07, 6.45) is 0.395. The van der Waals surface area contributed by atoms with Gasteiger partial charge >= 0.3 is 12.0 Å². The molecule has 11 nitrogen and oxygen atoms in total. The third kappa shape index (κ3) is 9.04. The second kappa shape index (κ2) is 15.8. The van der Waals surface area contributed by atoms with Crippen LogP contribution in [0.2, 0.25) is 10.0 Å². The van der Waals surface area contributed by atoms with Gasteiger partial charge in [0, 0.05) is 5.70 Å². The first-order chi connectivity index (χ1) is 21.6. The van der Waals surface area contributed by atoms with Crippen molar-refractivity contribution in [2.75, 3.05) is 20.3 Å². The minimum Gasteiger partial charge on any atom is -0.490 e. The molecule has 2 atom stereocenters. The van der Waals surface area contributed by atoms with Gasteiger partial charge in [-0.2, -0.15) is 5.10 Å². The van der Waals surface area contributed by atoms with E-state index in [1.165, 1.54) is 7.11 Å². The number of carbonyl (C=O) groups excluding carboxylic acids is 2. The van der Waals surface area contributed by atoms with Crippen molar-refractivity contribution in [3.63, 3.8) is 0 Å². The van der Waals surface area contributed by atoms with Crippen LogP contribution in [0, 0.1) is 0 Å². The molecular weight excluding hydrogens is 691 g/mol. The predicted octanol–water partition coefficient (Wildman–Crippen LogP) is 5.86. The quantitative estimate of drug-likeness (QED) is 0.0746. The molecule has 3 aromatic carbocycles. The average molecular weight is 722 g/mol. The molecular formula is C31H31BrCl2N4O7. The van der Waals surface area contributed by atoms with Crippen LogP contribution < -0.4 is 30.3 Å². The Morgan fingerprint density at radius 2 is 1.84 bits per heavy atom. The van der Waals surface area contributed by atoms with Gasteiger partial charge in [0.2, 0.25) is 0 Å². The number of benzene rings is 3. The van der Waals surface area contributed by atoms with Gasteiger partial charge in [-0.3, -0.25) is 5.43 Å². The van der Waals surface area contributed by atoms with Crippen molar-refractivity contribution in [3.05, 3.63) is 97.1 Å². The topological polar surface area (TPSA) is 140 Å². The van der Waals surface area contributed by atoms with Crippen LogP contribution in [0.25, 0.3) is 0 Å². The van der Waals surface area contributed by atoms with E-state index in [1.54, 1.807) is 49.5 Å². The molecule has 45 heavy (non-hydrogen) atoms. The lowest BCUT2D eigenvalue weighted by Crippen LogP contribution is -2.45. The monoisotopic (exact) mass is 720 g/mol. The predicted molar refractivity (Wildman–Crippen MR) is 174 cm³/mol. The van der Waals surface area contributed by atoms with Gasteiger partial charge in [-0.25, -0.2) is 9.59 Å². The Morgan fingerprint density at radius 3 is 2.56 bits per heavy atom. The van der Waals surface area contributed by atoms with Crippen molar-refractivity contribution >= 4 is 57.3 Å². The number of halogens is 3. The average Bonchev–Trinajstić information content (AvgIpc) is 3.01. The normalized spacial score (nSPS) is 15.3. The Hall–Kier alpha value is -3.97. The second-order valence-electron chi connectivity index (χ2n) is 9.64. The van der Waals surface area contributed by atoms with Gasteiger partial charge in [-0.15, -0.1) is 0 Å². The Balaban J connectivity index is 1.34. The highest BCUT2D eigenvalue weighted by atomic mass is 79.9. The number of aliphatic hydroxyl groups excluding tert-OH is 1. The molecule has 0 bridgehead atoms. The lowest BCUT2D eigenvalue weighted by atomic mass is 9.95. The molecule has 4 rings (SSSR count). The highest BCUT2D eigenvalue weighted by Gasteiger charge is 2.32. The van der Waals surface area contributed by atoms with Crippen LogP contribution in [-0.2, 0) is 16.1 Å². The summed E-state index contributed by atoms with van der Waals surface area (Å²) in [5, 5.41) is 20.8. The first-order valence-electron chi connectivity index (χ1n) is 13.7. The van der Waals surface area contributed by atoms with E-state index in [2.05, 4.69) is 37.1 Å². The third-order valence-electron chi connectivity index (χ3n) is 6.44. The summed E-state index contributed by atoms with van der Waals surface area (Å²) in [5.41, 5.74) is 5.48. The summed E-state index contributed by atoms with van der Waals surface area (Å²) in [6, 6.07) is 14.5. The molecule has 0 aliphatic carbocycles. The van der Waals surface area contributed by atoms with Gasteiger partial charge in [0.1, 0.15) is 19.0 Å². The number of ether oxygens (including phenoxy) is 4. The molecule has 0 spiro atoms.